The normalized spacial score (nSPS) is 31.7. The van der Waals surface area contributed by atoms with Crippen molar-refractivity contribution >= 4 is 35.3 Å². The van der Waals surface area contributed by atoms with Crippen LogP contribution in [0, 0.1) is 5.41 Å². The van der Waals surface area contributed by atoms with Gasteiger partial charge in [0.15, 0.2) is 0 Å². The van der Waals surface area contributed by atoms with Crippen LogP contribution in [0.25, 0.3) is 0 Å². The molecule has 0 bridgehead atoms. The molecule has 2 aliphatic heterocycles. The van der Waals surface area contributed by atoms with Gasteiger partial charge in [-0.1, -0.05) is 19.3 Å². The highest BCUT2D eigenvalue weighted by atomic mass is 32.2. The van der Waals surface area contributed by atoms with Crippen LogP contribution >= 0.6 is 23.5 Å². The van der Waals surface area contributed by atoms with Crippen LogP contribution in [0.2, 0.25) is 0 Å². The summed E-state index contributed by atoms with van der Waals surface area (Å²) in [6, 6.07) is 0. The molecule has 0 aromatic carbocycles. The average Bonchev–Trinajstić information content (AvgIpc) is 3.01. The van der Waals surface area contributed by atoms with Crippen LogP contribution < -0.4 is 0 Å². The van der Waals surface area contributed by atoms with E-state index < -0.39 is 0 Å². The number of rotatable bonds is 4. The molecule has 2 amide bonds. The number of likely N-dealkylation sites (tertiary alicyclic amines) is 1. The fourth-order valence-electron chi connectivity index (χ4n) is 3.54. The molecule has 1 unspecified atom stereocenters. The molecule has 20 heavy (non-hydrogen) atoms. The van der Waals surface area contributed by atoms with Crippen LogP contribution in [0.5, 0.6) is 0 Å². The predicted octanol–water partition coefficient (Wildman–Crippen LogP) is 2.93. The van der Waals surface area contributed by atoms with Crippen molar-refractivity contribution in [3.05, 3.63) is 0 Å². The van der Waals surface area contributed by atoms with E-state index in [0.717, 1.165) is 28.9 Å². The Morgan fingerprint density at radius 1 is 1.25 bits per heavy atom. The zero-order valence-electron chi connectivity index (χ0n) is 11.9. The summed E-state index contributed by atoms with van der Waals surface area (Å²) in [7, 11) is 0. The zero-order valence-corrected chi connectivity index (χ0v) is 13.6. The molecule has 3 aliphatic rings. The summed E-state index contributed by atoms with van der Waals surface area (Å²) in [4.78, 5) is 26.2. The van der Waals surface area contributed by atoms with E-state index in [4.69, 9.17) is 0 Å². The lowest BCUT2D eigenvalue weighted by Crippen LogP contribution is -2.37. The highest BCUT2D eigenvalue weighted by Gasteiger charge is 2.52. The van der Waals surface area contributed by atoms with Crippen molar-refractivity contribution in [2.45, 2.75) is 50.2 Å². The first kappa shape index (κ1) is 14.8. The summed E-state index contributed by atoms with van der Waals surface area (Å²) in [5, 5.41) is 0.757. The Bertz CT molecular complexity index is 387. The van der Waals surface area contributed by atoms with Crippen molar-refractivity contribution in [1.82, 2.24) is 4.90 Å². The van der Waals surface area contributed by atoms with Crippen LogP contribution in [0.15, 0.2) is 0 Å². The third kappa shape index (κ3) is 2.89. The van der Waals surface area contributed by atoms with Crippen molar-refractivity contribution in [3.63, 3.8) is 0 Å². The standard InChI is InChI=1S/C15H23NO2S2/c17-13-10-15(6-8-19-11-15)14(18)16(13)7-9-20-12-4-2-1-3-5-12/h12H,1-11H2. The average molecular weight is 313 g/mol. The Morgan fingerprint density at radius 2 is 2.05 bits per heavy atom. The number of amides is 2. The van der Waals surface area contributed by atoms with Crippen molar-refractivity contribution in [1.29, 1.82) is 0 Å². The molecule has 0 N–H and O–H groups in total. The van der Waals surface area contributed by atoms with E-state index in [1.165, 1.54) is 32.1 Å². The molecule has 0 radical (unpaired) electrons. The van der Waals surface area contributed by atoms with Gasteiger partial charge in [-0.15, -0.1) is 0 Å². The first-order valence-corrected chi connectivity index (χ1v) is 9.96. The second-order valence-corrected chi connectivity index (χ2v) is 8.75. The summed E-state index contributed by atoms with van der Waals surface area (Å²) in [5.74, 6) is 3.00. The maximum atomic E-state index is 12.5. The van der Waals surface area contributed by atoms with E-state index in [-0.39, 0.29) is 17.2 Å². The van der Waals surface area contributed by atoms with E-state index in [1.54, 1.807) is 4.90 Å². The van der Waals surface area contributed by atoms with Gasteiger partial charge in [-0.3, -0.25) is 14.5 Å². The lowest BCUT2D eigenvalue weighted by atomic mass is 9.86. The quantitative estimate of drug-likeness (QED) is 0.748. The van der Waals surface area contributed by atoms with E-state index in [1.807, 2.05) is 23.5 Å². The number of nitrogens with zero attached hydrogens (tertiary/aromatic N) is 1. The van der Waals surface area contributed by atoms with Gasteiger partial charge in [0, 0.05) is 29.7 Å². The Labute approximate surface area is 129 Å². The minimum absolute atomic E-state index is 0.0711. The summed E-state index contributed by atoms with van der Waals surface area (Å²) >= 11 is 3.79. The number of hydrogen-bond acceptors (Lipinski definition) is 4. The number of hydrogen-bond donors (Lipinski definition) is 0. The molecule has 1 aliphatic carbocycles. The van der Waals surface area contributed by atoms with Crippen LogP contribution in [0.3, 0.4) is 0 Å². The van der Waals surface area contributed by atoms with Gasteiger partial charge in [0.25, 0.3) is 0 Å². The van der Waals surface area contributed by atoms with Crippen molar-refractivity contribution < 1.29 is 9.59 Å². The lowest BCUT2D eigenvalue weighted by Gasteiger charge is -2.23. The van der Waals surface area contributed by atoms with Crippen LogP contribution in [-0.2, 0) is 9.59 Å². The van der Waals surface area contributed by atoms with Crippen LogP contribution in [-0.4, -0.2) is 45.8 Å². The molecule has 5 heteroatoms. The van der Waals surface area contributed by atoms with E-state index in [2.05, 4.69) is 0 Å². The number of carbonyl (C=O) groups is 2. The molecule has 3 fully saturated rings. The Morgan fingerprint density at radius 3 is 2.75 bits per heavy atom. The van der Waals surface area contributed by atoms with Gasteiger partial charge in [-0.05, 0) is 25.0 Å². The monoisotopic (exact) mass is 313 g/mol. The number of imide groups is 1. The van der Waals surface area contributed by atoms with Gasteiger partial charge in [-0.2, -0.15) is 23.5 Å². The second-order valence-electron chi connectivity index (χ2n) is 6.24. The van der Waals surface area contributed by atoms with Gasteiger partial charge < -0.3 is 0 Å². The fourth-order valence-corrected chi connectivity index (χ4v) is 6.27. The van der Waals surface area contributed by atoms with Gasteiger partial charge >= 0.3 is 0 Å². The molecule has 112 valence electrons. The minimum atomic E-state index is -0.322. The maximum absolute atomic E-state index is 12.5. The topological polar surface area (TPSA) is 37.4 Å². The zero-order chi connectivity index (χ0) is 14.0. The van der Waals surface area contributed by atoms with Gasteiger partial charge in [-0.25, -0.2) is 0 Å². The van der Waals surface area contributed by atoms with Crippen molar-refractivity contribution in [2.24, 2.45) is 5.41 Å². The number of carbonyl (C=O) groups excluding carboxylic acids is 2. The SMILES string of the molecule is O=C1CC2(CCSC2)C(=O)N1CCSC1CCCCC1. The Hall–Kier alpha value is -0.160. The third-order valence-corrected chi connectivity index (χ3v) is 7.42. The maximum Gasteiger partial charge on any atom is 0.236 e. The van der Waals surface area contributed by atoms with E-state index >= 15 is 0 Å². The first-order chi connectivity index (χ1) is 9.71. The van der Waals surface area contributed by atoms with E-state index in [9.17, 15) is 9.59 Å². The Kier molecular flexibility index (Phi) is 4.65. The molecule has 2 saturated heterocycles. The van der Waals surface area contributed by atoms with Gasteiger partial charge in [0.2, 0.25) is 11.8 Å². The molecule has 0 aromatic heterocycles. The highest BCUT2D eigenvalue weighted by Crippen LogP contribution is 2.45. The van der Waals surface area contributed by atoms with Crippen molar-refractivity contribution in [2.75, 3.05) is 23.8 Å². The van der Waals surface area contributed by atoms with E-state index in [0.29, 0.717) is 13.0 Å². The smallest absolute Gasteiger partial charge is 0.236 e. The molecule has 3 nitrogen and oxygen atoms in total. The summed E-state index contributed by atoms with van der Waals surface area (Å²) in [6.45, 7) is 0.630. The molecule has 1 saturated carbocycles. The van der Waals surface area contributed by atoms with Gasteiger partial charge in [0.05, 0.1) is 5.41 Å². The van der Waals surface area contributed by atoms with Gasteiger partial charge in [0.1, 0.15) is 0 Å². The first-order valence-electron chi connectivity index (χ1n) is 7.75. The summed E-state index contributed by atoms with van der Waals surface area (Å²) < 4.78 is 0. The largest absolute Gasteiger partial charge is 0.281 e. The Balaban J connectivity index is 1.49. The fraction of sp³-hybridized carbons (Fsp3) is 0.867. The predicted molar refractivity (Wildman–Crippen MR) is 85.0 cm³/mol. The molecule has 1 spiro atoms. The summed E-state index contributed by atoms with van der Waals surface area (Å²) in [5.41, 5.74) is -0.322. The summed E-state index contributed by atoms with van der Waals surface area (Å²) in [6.07, 6.45) is 8.06. The third-order valence-electron chi connectivity index (χ3n) is 4.81. The molecular formula is C15H23NO2S2. The molecule has 3 rings (SSSR count). The van der Waals surface area contributed by atoms with Crippen LogP contribution in [0.1, 0.15) is 44.9 Å². The molecule has 2 heterocycles. The molecular weight excluding hydrogens is 290 g/mol. The van der Waals surface area contributed by atoms with Crippen LogP contribution in [0.4, 0.5) is 0 Å². The number of thioether (sulfide) groups is 2. The lowest BCUT2D eigenvalue weighted by molar-refractivity contribution is -0.140. The second kappa shape index (κ2) is 6.30. The highest BCUT2D eigenvalue weighted by molar-refractivity contribution is 8.00. The van der Waals surface area contributed by atoms with Crippen molar-refractivity contribution in [3.8, 4) is 0 Å². The molecule has 1 atom stereocenters. The molecule has 0 aromatic rings. The minimum Gasteiger partial charge on any atom is -0.281 e.